The van der Waals surface area contributed by atoms with Crippen molar-refractivity contribution < 1.29 is 9.90 Å². The van der Waals surface area contributed by atoms with Gasteiger partial charge in [0.15, 0.2) is 0 Å². The van der Waals surface area contributed by atoms with Crippen LogP contribution in [0.25, 0.3) is 0 Å². The Bertz CT molecular complexity index is 293. The number of hydrogen-bond acceptors (Lipinski definition) is 3. The number of rotatable bonds is 6. The molecular formula is C15H30N2O2. The maximum Gasteiger partial charge on any atom is 0.221 e. The van der Waals surface area contributed by atoms with Gasteiger partial charge in [0.2, 0.25) is 5.91 Å². The summed E-state index contributed by atoms with van der Waals surface area (Å²) in [7, 11) is 0. The minimum Gasteiger partial charge on any atom is -0.388 e. The molecule has 3 N–H and O–H groups in total. The molecule has 4 nitrogen and oxygen atoms in total. The van der Waals surface area contributed by atoms with E-state index >= 15 is 0 Å². The molecule has 19 heavy (non-hydrogen) atoms. The Balaban J connectivity index is 2.30. The fraction of sp³-hybridized carbons (Fsp3) is 0.933. The molecule has 0 aromatic heterocycles. The van der Waals surface area contributed by atoms with Crippen LogP contribution in [0.1, 0.15) is 59.8 Å². The van der Waals surface area contributed by atoms with Gasteiger partial charge in [0.1, 0.15) is 0 Å². The summed E-state index contributed by atoms with van der Waals surface area (Å²) < 4.78 is 0. The largest absolute Gasteiger partial charge is 0.388 e. The van der Waals surface area contributed by atoms with Gasteiger partial charge in [-0.3, -0.25) is 4.79 Å². The van der Waals surface area contributed by atoms with Gasteiger partial charge in [-0.2, -0.15) is 0 Å². The van der Waals surface area contributed by atoms with E-state index < -0.39 is 5.60 Å². The second-order valence-electron chi connectivity index (χ2n) is 6.83. The fourth-order valence-electron chi connectivity index (χ4n) is 2.60. The van der Waals surface area contributed by atoms with E-state index in [1.807, 2.05) is 13.8 Å². The summed E-state index contributed by atoms with van der Waals surface area (Å²) in [6.45, 7) is 9.77. The van der Waals surface area contributed by atoms with Crippen LogP contribution in [0.2, 0.25) is 0 Å². The molecule has 0 aromatic rings. The van der Waals surface area contributed by atoms with Gasteiger partial charge < -0.3 is 15.7 Å². The lowest BCUT2D eigenvalue weighted by Gasteiger charge is -2.40. The van der Waals surface area contributed by atoms with Gasteiger partial charge in [-0.1, -0.05) is 20.8 Å². The van der Waals surface area contributed by atoms with Crippen molar-refractivity contribution in [3.63, 3.8) is 0 Å². The molecule has 1 aliphatic carbocycles. The average Bonchev–Trinajstić information content (AvgIpc) is 2.32. The van der Waals surface area contributed by atoms with Crippen molar-refractivity contribution >= 4 is 5.91 Å². The first-order chi connectivity index (χ1) is 8.76. The van der Waals surface area contributed by atoms with Gasteiger partial charge in [-0.05, 0) is 44.6 Å². The van der Waals surface area contributed by atoms with Gasteiger partial charge in [0, 0.05) is 19.0 Å². The highest BCUT2D eigenvalue weighted by atomic mass is 16.3. The minimum absolute atomic E-state index is 0.0201. The topological polar surface area (TPSA) is 61.4 Å². The third-order valence-corrected chi connectivity index (χ3v) is 4.19. The number of carbonyl (C=O) groups excluding carboxylic acids is 1. The van der Waals surface area contributed by atoms with Crippen molar-refractivity contribution in [2.24, 2.45) is 5.41 Å². The van der Waals surface area contributed by atoms with Crippen LogP contribution in [0.15, 0.2) is 0 Å². The molecular weight excluding hydrogens is 240 g/mol. The maximum atomic E-state index is 11.8. The summed E-state index contributed by atoms with van der Waals surface area (Å²) in [6.07, 6.45) is 4.07. The molecule has 112 valence electrons. The Morgan fingerprint density at radius 3 is 2.37 bits per heavy atom. The van der Waals surface area contributed by atoms with Crippen molar-refractivity contribution in [1.29, 1.82) is 0 Å². The van der Waals surface area contributed by atoms with E-state index in [-0.39, 0.29) is 11.9 Å². The molecule has 4 heteroatoms. The highest BCUT2D eigenvalue weighted by Gasteiger charge is 2.36. The molecule has 1 aliphatic rings. The van der Waals surface area contributed by atoms with E-state index in [0.29, 0.717) is 18.4 Å². The Labute approximate surface area is 117 Å². The van der Waals surface area contributed by atoms with Crippen LogP contribution in [0, 0.1) is 5.41 Å². The maximum absolute atomic E-state index is 11.8. The number of hydrogen-bond donors (Lipinski definition) is 3. The van der Waals surface area contributed by atoms with Gasteiger partial charge in [0.05, 0.1) is 5.60 Å². The second-order valence-corrected chi connectivity index (χ2v) is 6.83. The van der Waals surface area contributed by atoms with Crippen LogP contribution >= 0.6 is 0 Å². The van der Waals surface area contributed by atoms with Crippen LogP contribution in [-0.4, -0.2) is 35.7 Å². The van der Waals surface area contributed by atoms with Crippen LogP contribution in [0.3, 0.4) is 0 Å². The predicted octanol–water partition coefficient (Wildman–Crippen LogP) is 1.82. The molecule has 1 saturated carbocycles. The Morgan fingerprint density at radius 1 is 1.26 bits per heavy atom. The number of carbonyl (C=O) groups is 1. The zero-order chi connectivity index (χ0) is 14.5. The zero-order valence-corrected chi connectivity index (χ0v) is 12.9. The van der Waals surface area contributed by atoms with E-state index in [1.54, 1.807) is 0 Å². The highest BCUT2D eigenvalue weighted by Crippen LogP contribution is 2.39. The van der Waals surface area contributed by atoms with E-state index in [2.05, 4.69) is 24.5 Å². The van der Waals surface area contributed by atoms with Crippen molar-refractivity contribution in [2.45, 2.75) is 71.4 Å². The van der Waals surface area contributed by atoms with E-state index in [0.717, 1.165) is 32.2 Å². The van der Waals surface area contributed by atoms with E-state index in [4.69, 9.17) is 0 Å². The molecule has 0 heterocycles. The van der Waals surface area contributed by atoms with E-state index in [9.17, 15) is 9.90 Å². The summed E-state index contributed by atoms with van der Waals surface area (Å²) >= 11 is 0. The normalized spacial score (nSPS) is 22.8. The molecule has 0 saturated heterocycles. The first-order valence-electron chi connectivity index (χ1n) is 7.49. The molecule has 0 radical (unpaired) electrons. The van der Waals surface area contributed by atoms with Gasteiger partial charge in [0.25, 0.3) is 0 Å². The molecule has 1 atom stereocenters. The standard InChI is InChI=1S/C15H30N2O2/c1-5-16-12(2)10-13(18)17-11-15(19)8-6-14(3,4)7-9-15/h12,16,19H,5-11H2,1-4H3,(H,17,18). The number of amides is 1. The van der Waals surface area contributed by atoms with Gasteiger partial charge >= 0.3 is 0 Å². The van der Waals surface area contributed by atoms with Crippen LogP contribution in [0.5, 0.6) is 0 Å². The lowest BCUT2D eigenvalue weighted by Crippen LogP contribution is -2.47. The molecule has 0 bridgehead atoms. The Morgan fingerprint density at radius 2 is 1.84 bits per heavy atom. The quantitative estimate of drug-likeness (QED) is 0.690. The predicted molar refractivity (Wildman–Crippen MR) is 78.0 cm³/mol. The Kier molecular flexibility index (Phi) is 5.81. The summed E-state index contributed by atoms with van der Waals surface area (Å²) in [6, 6.07) is 0.185. The third-order valence-electron chi connectivity index (χ3n) is 4.19. The third kappa shape index (κ3) is 5.91. The van der Waals surface area contributed by atoms with Crippen LogP contribution < -0.4 is 10.6 Å². The smallest absolute Gasteiger partial charge is 0.221 e. The molecule has 1 rings (SSSR count). The monoisotopic (exact) mass is 270 g/mol. The van der Waals surface area contributed by atoms with Crippen LogP contribution in [-0.2, 0) is 4.79 Å². The van der Waals surface area contributed by atoms with E-state index in [1.165, 1.54) is 0 Å². The fourth-order valence-corrected chi connectivity index (χ4v) is 2.60. The van der Waals surface area contributed by atoms with Gasteiger partial charge in [-0.15, -0.1) is 0 Å². The van der Waals surface area contributed by atoms with Crippen molar-refractivity contribution in [1.82, 2.24) is 10.6 Å². The molecule has 1 amide bonds. The zero-order valence-electron chi connectivity index (χ0n) is 12.9. The number of aliphatic hydroxyl groups is 1. The van der Waals surface area contributed by atoms with Gasteiger partial charge in [-0.25, -0.2) is 0 Å². The van der Waals surface area contributed by atoms with Crippen LogP contribution in [0.4, 0.5) is 0 Å². The van der Waals surface area contributed by atoms with Crippen molar-refractivity contribution in [3.8, 4) is 0 Å². The molecule has 1 unspecified atom stereocenters. The first kappa shape index (κ1) is 16.4. The SMILES string of the molecule is CCNC(C)CC(=O)NCC1(O)CCC(C)(C)CC1. The molecule has 0 aromatic carbocycles. The van der Waals surface area contributed by atoms with Crippen molar-refractivity contribution in [3.05, 3.63) is 0 Å². The lowest BCUT2D eigenvalue weighted by atomic mass is 9.71. The lowest BCUT2D eigenvalue weighted by molar-refractivity contribution is -0.123. The summed E-state index contributed by atoms with van der Waals surface area (Å²) in [4.78, 5) is 11.8. The number of nitrogens with one attached hydrogen (secondary N) is 2. The minimum atomic E-state index is -0.702. The summed E-state index contributed by atoms with van der Waals surface area (Å²) in [5.74, 6) is 0.0201. The first-order valence-corrected chi connectivity index (χ1v) is 7.49. The van der Waals surface area contributed by atoms with Crippen molar-refractivity contribution in [2.75, 3.05) is 13.1 Å². The Hall–Kier alpha value is -0.610. The second kappa shape index (κ2) is 6.71. The molecule has 0 aliphatic heterocycles. The molecule has 0 spiro atoms. The summed E-state index contributed by atoms with van der Waals surface area (Å²) in [5.41, 5.74) is -0.373. The summed E-state index contributed by atoms with van der Waals surface area (Å²) in [5, 5.41) is 16.6. The highest BCUT2D eigenvalue weighted by molar-refractivity contribution is 5.76. The molecule has 1 fully saturated rings. The average molecular weight is 270 g/mol.